The second kappa shape index (κ2) is 6.63. The fourth-order valence-electron chi connectivity index (χ4n) is 2.04. The topological polar surface area (TPSA) is 42.7 Å². The van der Waals surface area contributed by atoms with Gasteiger partial charge in [0, 0.05) is 27.9 Å². The van der Waals surface area contributed by atoms with E-state index in [2.05, 4.69) is 61.1 Å². The largest absolute Gasteiger partial charge is 0.304 e. The van der Waals surface area contributed by atoms with E-state index in [1.807, 2.05) is 29.2 Å². The highest BCUT2D eigenvalue weighted by atomic mass is 79.9. The lowest BCUT2D eigenvalue weighted by Crippen LogP contribution is -2.26. The van der Waals surface area contributed by atoms with Crippen LogP contribution in [-0.4, -0.2) is 21.3 Å². The SMILES string of the molecule is CCNC(c1ncc(Br)cc1Br)c1ccnn1CC. The Morgan fingerprint density at radius 3 is 2.79 bits per heavy atom. The van der Waals surface area contributed by atoms with Gasteiger partial charge in [0.15, 0.2) is 0 Å². The molecule has 1 unspecified atom stereocenters. The molecular weight excluding hydrogens is 372 g/mol. The maximum Gasteiger partial charge on any atom is 0.0933 e. The molecule has 4 nitrogen and oxygen atoms in total. The van der Waals surface area contributed by atoms with Gasteiger partial charge < -0.3 is 5.32 Å². The van der Waals surface area contributed by atoms with Gasteiger partial charge in [-0.15, -0.1) is 0 Å². The van der Waals surface area contributed by atoms with Crippen molar-refractivity contribution in [2.24, 2.45) is 0 Å². The lowest BCUT2D eigenvalue weighted by atomic mass is 10.1. The maximum absolute atomic E-state index is 4.53. The molecule has 0 aromatic carbocycles. The third kappa shape index (κ3) is 3.24. The predicted molar refractivity (Wildman–Crippen MR) is 83.1 cm³/mol. The molecule has 0 saturated carbocycles. The van der Waals surface area contributed by atoms with Gasteiger partial charge >= 0.3 is 0 Å². The van der Waals surface area contributed by atoms with Gasteiger partial charge in [-0.1, -0.05) is 6.92 Å². The number of nitrogens with one attached hydrogen (secondary N) is 1. The Bertz CT molecular complexity index is 553. The van der Waals surface area contributed by atoms with E-state index < -0.39 is 0 Å². The molecule has 2 heterocycles. The van der Waals surface area contributed by atoms with Crippen molar-refractivity contribution in [3.8, 4) is 0 Å². The van der Waals surface area contributed by atoms with Crippen LogP contribution in [0.15, 0.2) is 33.5 Å². The van der Waals surface area contributed by atoms with Crippen molar-refractivity contribution >= 4 is 31.9 Å². The quantitative estimate of drug-likeness (QED) is 0.853. The molecule has 19 heavy (non-hydrogen) atoms. The third-order valence-corrected chi connectivity index (χ3v) is 3.93. The second-order valence-corrected chi connectivity index (χ2v) is 5.85. The molecule has 0 radical (unpaired) electrons. The van der Waals surface area contributed by atoms with Crippen molar-refractivity contribution in [2.45, 2.75) is 26.4 Å². The first-order chi connectivity index (χ1) is 9.17. The first kappa shape index (κ1) is 14.7. The first-order valence-electron chi connectivity index (χ1n) is 6.23. The molecule has 102 valence electrons. The molecule has 6 heteroatoms. The van der Waals surface area contributed by atoms with Gasteiger partial charge in [0.25, 0.3) is 0 Å². The highest BCUT2D eigenvalue weighted by molar-refractivity contribution is 9.11. The Hall–Kier alpha value is -0.720. The summed E-state index contributed by atoms with van der Waals surface area (Å²) in [4.78, 5) is 4.53. The van der Waals surface area contributed by atoms with Crippen molar-refractivity contribution in [1.82, 2.24) is 20.1 Å². The zero-order valence-electron chi connectivity index (χ0n) is 10.9. The zero-order chi connectivity index (χ0) is 13.8. The number of rotatable bonds is 5. The number of hydrogen-bond donors (Lipinski definition) is 1. The van der Waals surface area contributed by atoms with Crippen LogP contribution < -0.4 is 5.32 Å². The normalized spacial score (nSPS) is 12.6. The smallest absolute Gasteiger partial charge is 0.0933 e. The molecule has 2 aromatic heterocycles. The molecule has 2 rings (SSSR count). The number of aryl methyl sites for hydroxylation is 1. The summed E-state index contributed by atoms with van der Waals surface area (Å²) in [7, 11) is 0. The standard InChI is InChI=1S/C13H16Br2N4/c1-3-16-13(11-5-6-18-19(11)4-2)12-10(15)7-9(14)8-17-12/h5-8,13,16H,3-4H2,1-2H3. The Balaban J connectivity index is 2.45. The van der Waals surface area contributed by atoms with Crippen LogP contribution in [0.3, 0.4) is 0 Å². The van der Waals surface area contributed by atoms with Gasteiger partial charge in [0.1, 0.15) is 0 Å². The molecule has 0 aliphatic rings. The molecule has 2 aromatic rings. The molecule has 0 aliphatic heterocycles. The molecule has 1 atom stereocenters. The maximum atomic E-state index is 4.53. The van der Waals surface area contributed by atoms with Crippen molar-refractivity contribution in [3.63, 3.8) is 0 Å². The van der Waals surface area contributed by atoms with Gasteiger partial charge in [-0.05, 0) is 57.5 Å². The van der Waals surface area contributed by atoms with E-state index >= 15 is 0 Å². The van der Waals surface area contributed by atoms with Crippen LogP contribution in [-0.2, 0) is 6.54 Å². The zero-order valence-corrected chi connectivity index (χ0v) is 14.1. The van der Waals surface area contributed by atoms with Crippen LogP contribution in [0.5, 0.6) is 0 Å². The van der Waals surface area contributed by atoms with E-state index in [4.69, 9.17) is 0 Å². The lowest BCUT2D eigenvalue weighted by molar-refractivity contribution is 0.533. The first-order valence-corrected chi connectivity index (χ1v) is 7.82. The van der Waals surface area contributed by atoms with Crippen LogP contribution in [0, 0.1) is 0 Å². The Labute approximate surface area is 129 Å². The van der Waals surface area contributed by atoms with E-state index in [0.29, 0.717) is 0 Å². The van der Waals surface area contributed by atoms with Gasteiger partial charge in [-0.25, -0.2) is 0 Å². The number of nitrogens with zero attached hydrogens (tertiary/aromatic N) is 3. The van der Waals surface area contributed by atoms with Crippen LogP contribution in [0.4, 0.5) is 0 Å². The second-order valence-electron chi connectivity index (χ2n) is 4.08. The summed E-state index contributed by atoms with van der Waals surface area (Å²) in [6.07, 6.45) is 3.65. The summed E-state index contributed by atoms with van der Waals surface area (Å²) in [5, 5.41) is 7.80. The van der Waals surface area contributed by atoms with Crippen LogP contribution in [0.2, 0.25) is 0 Å². The summed E-state index contributed by atoms with van der Waals surface area (Å²) < 4.78 is 3.93. The van der Waals surface area contributed by atoms with E-state index in [9.17, 15) is 0 Å². The lowest BCUT2D eigenvalue weighted by Gasteiger charge is -2.19. The van der Waals surface area contributed by atoms with Crippen molar-refractivity contribution in [3.05, 3.63) is 44.9 Å². The predicted octanol–water partition coefficient (Wildman–Crippen LogP) is 3.52. The summed E-state index contributed by atoms with van der Waals surface area (Å²) in [5.74, 6) is 0. The fourth-order valence-corrected chi connectivity index (χ4v) is 3.25. The fraction of sp³-hybridized carbons (Fsp3) is 0.385. The van der Waals surface area contributed by atoms with Crippen LogP contribution in [0.25, 0.3) is 0 Å². The molecule has 0 aliphatic carbocycles. The van der Waals surface area contributed by atoms with E-state index in [0.717, 1.165) is 33.4 Å². The Morgan fingerprint density at radius 2 is 2.16 bits per heavy atom. The summed E-state index contributed by atoms with van der Waals surface area (Å²) in [6, 6.07) is 4.08. The van der Waals surface area contributed by atoms with Crippen LogP contribution >= 0.6 is 31.9 Å². The van der Waals surface area contributed by atoms with Crippen molar-refractivity contribution < 1.29 is 0 Å². The number of aromatic nitrogens is 3. The van der Waals surface area contributed by atoms with E-state index in [1.165, 1.54) is 0 Å². The average molecular weight is 388 g/mol. The monoisotopic (exact) mass is 386 g/mol. The average Bonchev–Trinajstić information content (AvgIpc) is 2.85. The van der Waals surface area contributed by atoms with E-state index in [-0.39, 0.29) is 6.04 Å². The van der Waals surface area contributed by atoms with E-state index in [1.54, 1.807) is 0 Å². The van der Waals surface area contributed by atoms with Crippen LogP contribution in [0.1, 0.15) is 31.3 Å². The van der Waals surface area contributed by atoms with Crippen molar-refractivity contribution in [2.75, 3.05) is 6.54 Å². The summed E-state index contributed by atoms with van der Waals surface area (Å²) >= 11 is 7.02. The highest BCUT2D eigenvalue weighted by Crippen LogP contribution is 2.28. The Kier molecular flexibility index (Phi) is 5.13. The summed E-state index contributed by atoms with van der Waals surface area (Å²) in [6.45, 7) is 5.89. The minimum Gasteiger partial charge on any atom is -0.304 e. The summed E-state index contributed by atoms with van der Waals surface area (Å²) in [5.41, 5.74) is 2.10. The molecular formula is C13H16Br2N4. The molecule has 1 N–H and O–H groups in total. The molecule has 0 spiro atoms. The third-order valence-electron chi connectivity index (χ3n) is 2.86. The minimum absolute atomic E-state index is 0.0370. The van der Waals surface area contributed by atoms with Gasteiger partial charge in [0.05, 0.1) is 17.4 Å². The number of pyridine rings is 1. The van der Waals surface area contributed by atoms with Crippen molar-refractivity contribution in [1.29, 1.82) is 0 Å². The highest BCUT2D eigenvalue weighted by Gasteiger charge is 2.20. The minimum atomic E-state index is 0.0370. The van der Waals surface area contributed by atoms with Gasteiger partial charge in [-0.2, -0.15) is 5.10 Å². The van der Waals surface area contributed by atoms with Gasteiger partial charge in [0.2, 0.25) is 0 Å². The number of halogens is 2. The molecule has 0 bridgehead atoms. The molecule has 0 saturated heterocycles. The number of hydrogen-bond acceptors (Lipinski definition) is 3. The molecule has 0 amide bonds. The molecule has 0 fully saturated rings. The Morgan fingerprint density at radius 1 is 1.37 bits per heavy atom. The van der Waals surface area contributed by atoms with Gasteiger partial charge in [-0.3, -0.25) is 9.67 Å².